The Kier molecular flexibility index (Phi) is 5.25. The summed E-state index contributed by atoms with van der Waals surface area (Å²) in [4.78, 5) is 23.2. The van der Waals surface area contributed by atoms with E-state index in [1.807, 2.05) is 12.1 Å². The number of nitriles is 1. The van der Waals surface area contributed by atoms with Crippen molar-refractivity contribution in [1.82, 2.24) is 0 Å². The normalized spacial score (nSPS) is 11.7. The average molecular weight is 259 g/mol. The lowest BCUT2D eigenvalue weighted by Crippen LogP contribution is -2.18. The van der Waals surface area contributed by atoms with Crippen molar-refractivity contribution in [2.75, 3.05) is 7.11 Å². The zero-order valence-corrected chi connectivity index (χ0v) is 11.3. The largest absolute Gasteiger partial charge is 0.468 e. The van der Waals surface area contributed by atoms with Crippen LogP contribution in [0.3, 0.4) is 0 Å². The molecule has 0 saturated carbocycles. The van der Waals surface area contributed by atoms with Crippen molar-refractivity contribution < 1.29 is 14.3 Å². The van der Waals surface area contributed by atoms with Gasteiger partial charge in [-0.1, -0.05) is 38.1 Å². The van der Waals surface area contributed by atoms with Gasteiger partial charge in [-0.05, 0) is 11.5 Å². The van der Waals surface area contributed by atoms with E-state index in [9.17, 15) is 9.59 Å². The highest BCUT2D eigenvalue weighted by Crippen LogP contribution is 2.17. The minimum atomic E-state index is -1.04. The fourth-order valence-electron chi connectivity index (χ4n) is 1.68. The Bertz CT molecular complexity index is 497. The zero-order valence-electron chi connectivity index (χ0n) is 11.3. The number of ketones is 1. The Balaban J connectivity index is 2.78. The number of nitrogens with zero attached hydrogens (tertiary/aromatic N) is 1. The Morgan fingerprint density at radius 2 is 1.84 bits per heavy atom. The molecule has 1 aromatic carbocycles. The Morgan fingerprint density at radius 3 is 2.26 bits per heavy atom. The summed E-state index contributed by atoms with van der Waals surface area (Å²) >= 11 is 0. The summed E-state index contributed by atoms with van der Waals surface area (Å²) < 4.78 is 4.48. The van der Waals surface area contributed by atoms with Crippen LogP contribution in [0.1, 0.15) is 42.1 Å². The molecule has 0 saturated heterocycles. The molecule has 1 unspecified atom stereocenters. The van der Waals surface area contributed by atoms with E-state index < -0.39 is 11.9 Å². The van der Waals surface area contributed by atoms with Crippen LogP contribution in [0.2, 0.25) is 0 Å². The number of benzene rings is 1. The van der Waals surface area contributed by atoms with Gasteiger partial charge < -0.3 is 4.74 Å². The van der Waals surface area contributed by atoms with Gasteiger partial charge in [-0.25, -0.2) is 0 Å². The molecule has 1 rings (SSSR count). The summed E-state index contributed by atoms with van der Waals surface area (Å²) in [5, 5.41) is 8.84. The molecule has 0 fully saturated rings. The predicted molar refractivity (Wildman–Crippen MR) is 70.6 cm³/mol. The van der Waals surface area contributed by atoms with Gasteiger partial charge in [0, 0.05) is 12.0 Å². The van der Waals surface area contributed by atoms with E-state index in [4.69, 9.17) is 5.26 Å². The quantitative estimate of drug-likeness (QED) is 0.602. The molecule has 0 spiro atoms. The fraction of sp³-hybridized carbons (Fsp3) is 0.400. The highest BCUT2D eigenvalue weighted by Gasteiger charge is 2.22. The Hall–Kier alpha value is -2.15. The Labute approximate surface area is 113 Å². The van der Waals surface area contributed by atoms with Crippen LogP contribution in [0.4, 0.5) is 0 Å². The third-order valence-corrected chi connectivity index (χ3v) is 2.93. The number of carbonyl (C=O) groups excluding carboxylic acids is 2. The second kappa shape index (κ2) is 6.69. The van der Waals surface area contributed by atoms with Gasteiger partial charge in [0.15, 0.2) is 11.7 Å². The first-order valence-electron chi connectivity index (χ1n) is 6.10. The number of carbonyl (C=O) groups is 2. The second-order valence-corrected chi connectivity index (χ2v) is 4.61. The minimum absolute atomic E-state index is 0.149. The van der Waals surface area contributed by atoms with Gasteiger partial charge in [0.1, 0.15) is 0 Å². The van der Waals surface area contributed by atoms with Crippen molar-refractivity contribution >= 4 is 11.8 Å². The standard InChI is InChI=1S/C15H17NO3/c1-10(2)11-4-6-12(7-5-11)14(17)8-13(9-16)15(18)19-3/h4-7,10,13H,8H2,1-3H3. The molecule has 19 heavy (non-hydrogen) atoms. The molecule has 0 bridgehead atoms. The Morgan fingerprint density at radius 1 is 1.26 bits per heavy atom. The van der Waals surface area contributed by atoms with Gasteiger partial charge in [-0.15, -0.1) is 0 Å². The van der Waals surface area contributed by atoms with E-state index in [1.54, 1.807) is 18.2 Å². The van der Waals surface area contributed by atoms with Crippen molar-refractivity contribution in [2.24, 2.45) is 5.92 Å². The topological polar surface area (TPSA) is 67.2 Å². The summed E-state index contributed by atoms with van der Waals surface area (Å²) in [6, 6.07) is 9.01. The van der Waals surface area contributed by atoms with Crippen LogP contribution in [0, 0.1) is 17.2 Å². The molecule has 1 aromatic rings. The summed E-state index contributed by atoms with van der Waals surface area (Å²) in [6.07, 6.45) is -0.149. The zero-order chi connectivity index (χ0) is 14.4. The number of ether oxygens (including phenoxy) is 1. The van der Waals surface area contributed by atoms with E-state index in [1.165, 1.54) is 7.11 Å². The predicted octanol–water partition coefficient (Wildman–Crippen LogP) is 2.70. The van der Waals surface area contributed by atoms with Crippen LogP contribution >= 0.6 is 0 Å². The smallest absolute Gasteiger partial charge is 0.323 e. The van der Waals surface area contributed by atoms with Crippen molar-refractivity contribution in [3.63, 3.8) is 0 Å². The van der Waals surface area contributed by atoms with Crippen LogP contribution in [-0.4, -0.2) is 18.9 Å². The number of rotatable bonds is 5. The van der Waals surface area contributed by atoms with Crippen LogP contribution in [-0.2, 0) is 9.53 Å². The molecule has 0 N–H and O–H groups in total. The van der Waals surface area contributed by atoms with Gasteiger partial charge >= 0.3 is 5.97 Å². The van der Waals surface area contributed by atoms with Gasteiger partial charge in [-0.2, -0.15) is 5.26 Å². The molecular weight excluding hydrogens is 242 g/mol. The molecule has 1 atom stereocenters. The lowest BCUT2D eigenvalue weighted by atomic mass is 9.96. The van der Waals surface area contributed by atoms with Crippen molar-refractivity contribution in [2.45, 2.75) is 26.2 Å². The van der Waals surface area contributed by atoms with E-state index in [0.717, 1.165) is 5.56 Å². The van der Waals surface area contributed by atoms with E-state index in [0.29, 0.717) is 11.5 Å². The van der Waals surface area contributed by atoms with Gasteiger partial charge in [0.05, 0.1) is 13.2 Å². The minimum Gasteiger partial charge on any atom is -0.468 e. The maximum absolute atomic E-state index is 12.0. The summed E-state index contributed by atoms with van der Waals surface area (Å²) in [7, 11) is 1.20. The molecule has 0 heterocycles. The molecule has 0 aliphatic heterocycles. The molecule has 0 aliphatic rings. The highest BCUT2D eigenvalue weighted by atomic mass is 16.5. The molecular formula is C15H17NO3. The lowest BCUT2D eigenvalue weighted by Gasteiger charge is -2.08. The average Bonchev–Trinajstić information content (AvgIpc) is 2.43. The molecule has 4 heteroatoms. The monoisotopic (exact) mass is 259 g/mol. The van der Waals surface area contributed by atoms with E-state index in [2.05, 4.69) is 18.6 Å². The number of Topliss-reactive ketones (excluding diaryl/α,β-unsaturated/α-hetero) is 1. The first kappa shape index (κ1) is 14.9. The SMILES string of the molecule is COC(=O)C(C#N)CC(=O)c1ccc(C(C)C)cc1. The molecule has 4 nitrogen and oxygen atoms in total. The number of esters is 1. The first-order chi connectivity index (χ1) is 8.99. The third-order valence-electron chi connectivity index (χ3n) is 2.93. The van der Waals surface area contributed by atoms with Crippen LogP contribution in [0.5, 0.6) is 0 Å². The molecule has 100 valence electrons. The first-order valence-corrected chi connectivity index (χ1v) is 6.10. The van der Waals surface area contributed by atoms with Crippen molar-refractivity contribution in [1.29, 1.82) is 5.26 Å². The van der Waals surface area contributed by atoms with Gasteiger partial charge in [0.2, 0.25) is 0 Å². The van der Waals surface area contributed by atoms with Gasteiger partial charge in [0.25, 0.3) is 0 Å². The number of methoxy groups -OCH3 is 1. The maximum atomic E-state index is 12.0. The van der Waals surface area contributed by atoms with Crippen LogP contribution in [0.15, 0.2) is 24.3 Å². The van der Waals surface area contributed by atoms with Crippen LogP contribution in [0.25, 0.3) is 0 Å². The van der Waals surface area contributed by atoms with Crippen molar-refractivity contribution in [3.8, 4) is 6.07 Å². The third kappa shape index (κ3) is 3.92. The summed E-state index contributed by atoms with van der Waals surface area (Å²) in [5.41, 5.74) is 1.65. The van der Waals surface area contributed by atoms with Crippen LogP contribution < -0.4 is 0 Å². The summed E-state index contributed by atoms with van der Waals surface area (Å²) in [6.45, 7) is 4.14. The highest BCUT2D eigenvalue weighted by molar-refractivity contribution is 5.98. The molecule has 0 radical (unpaired) electrons. The second-order valence-electron chi connectivity index (χ2n) is 4.61. The summed E-state index contributed by atoms with van der Waals surface area (Å²) in [5.74, 6) is -1.55. The van der Waals surface area contributed by atoms with Gasteiger partial charge in [-0.3, -0.25) is 9.59 Å². The van der Waals surface area contributed by atoms with E-state index >= 15 is 0 Å². The fourth-order valence-corrected chi connectivity index (χ4v) is 1.68. The number of hydrogen-bond donors (Lipinski definition) is 0. The molecule has 0 amide bonds. The lowest BCUT2D eigenvalue weighted by molar-refractivity contribution is -0.143. The maximum Gasteiger partial charge on any atom is 0.323 e. The number of hydrogen-bond acceptors (Lipinski definition) is 4. The van der Waals surface area contributed by atoms with E-state index in [-0.39, 0.29) is 12.2 Å². The van der Waals surface area contributed by atoms with Crippen molar-refractivity contribution in [3.05, 3.63) is 35.4 Å². The molecule has 0 aliphatic carbocycles. The molecule has 0 aromatic heterocycles.